The van der Waals surface area contributed by atoms with Crippen LogP contribution in [0.1, 0.15) is 11.1 Å². The fourth-order valence-corrected chi connectivity index (χ4v) is 1.96. The van der Waals surface area contributed by atoms with E-state index in [0.29, 0.717) is 17.1 Å². The van der Waals surface area contributed by atoms with Crippen molar-refractivity contribution in [3.05, 3.63) is 59.2 Å². The number of nitrogens with zero attached hydrogens (tertiary/aromatic N) is 1. The molecule has 0 atom stereocenters. The summed E-state index contributed by atoms with van der Waals surface area (Å²) in [6.45, 7) is 0. The summed E-state index contributed by atoms with van der Waals surface area (Å²) < 4.78 is 36.9. The molecule has 0 amide bonds. The Hall–Kier alpha value is -2.87. The molecule has 0 aliphatic heterocycles. The smallest absolute Gasteiger partial charge is 0.161 e. The van der Waals surface area contributed by atoms with Crippen LogP contribution in [0, 0.1) is 23.0 Å². The van der Waals surface area contributed by atoms with Crippen molar-refractivity contribution in [1.29, 1.82) is 5.26 Å². The number of hydrogen-bond donors (Lipinski definition) is 0. The third-order valence-electron chi connectivity index (χ3n) is 3.08. The summed E-state index contributed by atoms with van der Waals surface area (Å²) in [5.74, 6) is -0.412. The molecule has 0 bridgehead atoms. The molecule has 0 unspecified atom stereocenters. The van der Waals surface area contributed by atoms with Crippen LogP contribution in [0.4, 0.5) is 8.78 Å². The predicted molar refractivity (Wildman–Crippen MR) is 79.4 cm³/mol. The number of allylic oxidation sites excluding steroid dienone is 1. The lowest BCUT2D eigenvalue weighted by Crippen LogP contribution is -1.92. The fourth-order valence-electron chi connectivity index (χ4n) is 1.96. The van der Waals surface area contributed by atoms with Crippen LogP contribution in [-0.2, 0) is 0 Å². The number of halogens is 2. The number of rotatable bonds is 4. The van der Waals surface area contributed by atoms with E-state index in [1.807, 2.05) is 6.07 Å². The standard InChI is InChI=1S/C17H13F2NO2/c1-21-16-6-4-11(8-17(16)22-2)13(10-20)7-12-3-5-14(18)9-15(12)19/h3-9H,1-2H3/b13-7+. The molecular formula is C17H13F2NO2. The van der Waals surface area contributed by atoms with Gasteiger partial charge in [0, 0.05) is 11.6 Å². The third-order valence-corrected chi connectivity index (χ3v) is 3.08. The molecule has 0 heterocycles. The SMILES string of the molecule is COc1ccc(/C(C#N)=C/c2ccc(F)cc2F)cc1OC. The fraction of sp³-hybridized carbons (Fsp3) is 0.118. The molecule has 112 valence electrons. The topological polar surface area (TPSA) is 42.2 Å². The molecule has 5 heteroatoms. The first-order valence-corrected chi connectivity index (χ1v) is 6.38. The first-order chi connectivity index (χ1) is 10.6. The van der Waals surface area contributed by atoms with Crippen molar-refractivity contribution in [2.24, 2.45) is 0 Å². The van der Waals surface area contributed by atoms with E-state index < -0.39 is 11.6 Å². The molecule has 22 heavy (non-hydrogen) atoms. The molecule has 0 aliphatic rings. The molecule has 3 nitrogen and oxygen atoms in total. The Kier molecular flexibility index (Phi) is 4.74. The van der Waals surface area contributed by atoms with Crippen LogP contribution in [-0.4, -0.2) is 14.2 Å². The second kappa shape index (κ2) is 6.72. The molecule has 2 aromatic carbocycles. The van der Waals surface area contributed by atoms with E-state index in [0.717, 1.165) is 12.1 Å². The maximum absolute atomic E-state index is 13.7. The van der Waals surface area contributed by atoms with E-state index >= 15 is 0 Å². The molecule has 0 radical (unpaired) electrons. The number of ether oxygens (including phenoxy) is 2. The molecule has 0 spiro atoms. The van der Waals surface area contributed by atoms with Gasteiger partial charge in [-0.15, -0.1) is 0 Å². The molecule has 2 aromatic rings. The van der Waals surface area contributed by atoms with Gasteiger partial charge < -0.3 is 9.47 Å². The molecular weight excluding hydrogens is 288 g/mol. The Bertz CT molecular complexity index is 764. The Morgan fingerprint density at radius 2 is 1.77 bits per heavy atom. The van der Waals surface area contributed by atoms with Crippen LogP contribution in [0.3, 0.4) is 0 Å². The monoisotopic (exact) mass is 301 g/mol. The lowest BCUT2D eigenvalue weighted by molar-refractivity contribution is 0.355. The van der Waals surface area contributed by atoms with Crippen LogP contribution in [0.15, 0.2) is 36.4 Å². The number of hydrogen-bond acceptors (Lipinski definition) is 3. The highest BCUT2D eigenvalue weighted by molar-refractivity contribution is 5.90. The van der Waals surface area contributed by atoms with Gasteiger partial charge in [0.2, 0.25) is 0 Å². The summed E-state index contributed by atoms with van der Waals surface area (Å²) in [6, 6.07) is 10.1. The van der Waals surface area contributed by atoms with E-state index in [1.165, 1.54) is 26.4 Å². The zero-order valence-electron chi connectivity index (χ0n) is 12.1. The van der Waals surface area contributed by atoms with Crippen molar-refractivity contribution < 1.29 is 18.3 Å². The van der Waals surface area contributed by atoms with E-state index in [1.54, 1.807) is 18.2 Å². The van der Waals surface area contributed by atoms with Crippen molar-refractivity contribution in [3.8, 4) is 17.6 Å². The molecule has 0 saturated heterocycles. The van der Waals surface area contributed by atoms with Gasteiger partial charge in [-0.2, -0.15) is 5.26 Å². The molecule has 2 rings (SSSR count). The van der Waals surface area contributed by atoms with Gasteiger partial charge in [0.05, 0.1) is 25.9 Å². The maximum Gasteiger partial charge on any atom is 0.161 e. The van der Waals surface area contributed by atoms with Crippen LogP contribution < -0.4 is 9.47 Å². The van der Waals surface area contributed by atoms with Gasteiger partial charge in [-0.25, -0.2) is 8.78 Å². The van der Waals surface area contributed by atoms with E-state index in [4.69, 9.17) is 9.47 Å². The highest BCUT2D eigenvalue weighted by Crippen LogP contribution is 2.31. The largest absolute Gasteiger partial charge is 0.493 e. The van der Waals surface area contributed by atoms with Crippen molar-refractivity contribution in [2.45, 2.75) is 0 Å². The summed E-state index contributed by atoms with van der Waals surface area (Å²) in [5.41, 5.74) is 0.906. The number of nitriles is 1. The summed E-state index contributed by atoms with van der Waals surface area (Å²) in [6.07, 6.45) is 1.36. The molecule has 0 aliphatic carbocycles. The minimum absolute atomic E-state index is 0.132. The van der Waals surface area contributed by atoms with E-state index in [9.17, 15) is 14.0 Å². The first-order valence-electron chi connectivity index (χ1n) is 6.38. The molecule has 0 saturated carbocycles. The van der Waals surface area contributed by atoms with Gasteiger partial charge in [0.15, 0.2) is 11.5 Å². The Morgan fingerprint density at radius 3 is 2.36 bits per heavy atom. The maximum atomic E-state index is 13.7. The highest BCUT2D eigenvalue weighted by Gasteiger charge is 2.09. The van der Waals surface area contributed by atoms with Gasteiger partial charge in [0.25, 0.3) is 0 Å². The molecule has 0 N–H and O–H groups in total. The Morgan fingerprint density at radius 1 is 1.05 bits per heavy atom. The van der Waals surface area contributed by atoms with Crippen LogP contribution in [0.5, 0.6) is 11.5 Å². The second-order valence-corrected chi connectivity index (χ2v) is 4.41. The minimum Gasteiger partial charge on any atom is -0.493 e. The average molecular weight is 301 g/mol. The van der Waals surface area contributed by atoms with Crippen molar-refractivity contribution in [1.82, 2.24) is 0 Å². The van der Waals surface area contributed by atoms with E-state index in [2.05, 4.69) is 0 Å². The summed E-state index contributed by atoms with van der Waals surface area (Å²) in [5, 5.41) is 9.29. The lowest BCUT2D eigenvalue weighted by Gasteiger charge is -2.09. The minimum atomic E-state index is -0.728. The summed E-state index contributed by atoms with van der Waals surface area (Å²) >= 11 is 0. The van der Waals surface area contributed by atoms with Gasteiger partial charge in [-0.1, -0.05) is 0 Å². The van der Waals surface area contributed by atoms with E-state index in [-0.39, 0.29) is 11.1 Å². The predicted octanol–water partition coefficient (Wildman–Crippen LogP) is 4.05. The molecule has 0 fully saturated rings. The lowest BCUT2D eigenvalue weighted by atomic mass is 10.0. The van der Waals surface area contributed by atoms with Gasteiger partial charge in [0.1, 0.15) is 11.6 Å². The second-order valence-electron chi connectivity index (χ2n) is 4.41. The van der Waals surface area contributed by atoms with Crippen molar-refractivity contribution >= 4 is 11.6 Å². The average Bonchev–Trinajstić information content (AvgIpc) is 2.53. The quantitative estimate of drug-likeness (QED) is 0.632. The zero-order chi connectivity index (χ0) is 16.1. The normalized spacial score (nSPS) is 11.0. The highest BCUT2D eigenvalue weighted by atomic mass is 19.1. The van der Waals surface area contributed by atoms with Crippen LogP contribution >= 0.6 is 0 Å². The van der Waals surface area contributed by atoms with Gasteiger partial charge >= 0.3 is 0 Å². The van der Waals surface area contributed by atoms with Crippen LogP contribution in [0.2, 0.25) is 0 Å². The third kappa shape index (κ3) is 3.23. The summed E-state index contributed by atoms with van der Waals surface area (Å²) in [4.78, 5) is 0. The van der Waals surface area contributed by atoms with Crippen LogP contribution in [0.25, 0.3) is 11.6 Å². The Balaban J connectivity index is 2.48. The Labute approximate surface area is 127 Å². The number of benzene rings is 2. The van der Waals surface area contributed by atoms with Crippen molar-refractivity contribution in [2.75, 3.05) is 14.2 Å². The van der Waals surface area contributed by atoms with Gasteiger partial charge in [-0.3, -0.25) is 0 Å². The van der Waals surface area contributed by atoms with Crippen molar-refractivity contribution in [3.63, 3.8) is 0 Å². The first kappa shape index (κ1) is 15.5. The number of methoxy groups -OCH3 is 2. The molecule has 0 aromatic heterocycles. The summed E-state index contributed by atoms with van der Waals surface area (Å²) in [7, 11) is 2.99. The zero-order valence-corrected chi connectivity index (χ0v) is 12.1. The van der Waals surface area contributed by atoms with Gasteiger partial charge in [-0.05, 0) is 42.0 Å².